The molecular weight excluding hydrogens is 411 g/mol. The van der Waals surface area contributed by atoms with Crippen LogP contribution in [0.25, 0.3) is 11.3 Å². The molecule has 0 aliphatic heterocycles. The van der Waals surface area contributed by atoms with Crippen LogP contribution in [0.4, 0.5) is 10.2 Å². The van der Waals surface area contributed by atoms with E-state index in [9.17, 15) is 4.39 Å². The molecule has 0 bridgehead atoms. The van der Waals surface area contributed by atoms with Crippen LogP contribution in [0.5, 0.6) is 0 Å². The van der Waals surface area contributed by atoms with Gasteiger partial charge in [-0.15, -0.1) is 0 Å². The average Bonchev–Trinajstić information content (AvgIpc) is 2.80. The van der Waals surface area contributed by atoms with Crippen molar-refractivity contribution in [2.45, 2.75) is 38.6 Å². The summed E-state index contributed by atoms with van der Waals surface area (Å²) in [5.74, 6) is 1.80. The van der Waals surface area contributed by atoms with E-state index in [0.29, 0.717) is 23.4 Å². The Hall–Kier alpha value is -2.50. The summed E-state index contributed by atoms with van der Waals surface area (Å²) in [4.78, 5) is 9.29. The van der Waals surface area contributed by atoms with Crippen LogP contribution in [0.2, 0.25) is 5.02 Å². The van der Waals surface area contributed by atoms with Gasteiger partial charge in [-0.1, -0.05) is 29.8 Å². The molecule has 0 unspecified atom stereocenters. The molecule has 1 fully saturated rings. The summed E-state index contributed by atoms with van der Waals surface area (Å²) in [6, 6.07) is 14.4. The molecule has 0 atom stereocenters. The fraction of sp³-hybridized carbons (Fsp3) is 0.360. The van der Waals surface area contributed by atoms with Gasteiger partial charge in [0.2, 0.25) is 0 Å². The zero-order valence-corrected chi connectivity index (χ0v) is 18.3. The maximum atomic E-state index is 13.4. The van der Waals surface area contributed by atoms with Crippen molar-refractivity contribution in [2.75, 3.05) is 11.9 Å². The Kier molecular flexibility index (Phi) is 7.15. The predicted octanol–water partition coefficient (Wildman–Crippen LogP) is 5.86. The van der Waals surface area contributed by atoms with Crippen LogP contribution >= 0.6 is 11.6 Å². The highest BCUT2D eigenvalue weighted by atomic mass is 35.5. The first kappa shape index (κ1) is 21.7. The minimum absolute atomic E-state index is 0.242. The molecule has 6 heteroatoms. The molecule has 0 saturated heterocycles. The normalized spacial score (nSPS) is 18.7. The lowest BCUT2D eigenvalue weighted by Gasteiger charge is -2.27. The van der Waals surface area contributed by atoms with Crippen LogP contribution in [0.15, 0.2) is 54.7 Å². The van der Waals surface area contributed by atoms with Crippen LogP contribution < -0.4 is 11.1 Å². The number of nitrogens with two attached hydrogens (primary N) is 1. The van der Waals surface area contributed by atoms with Crippen LogP contribution in [0.1, 0.15) is 36.9 Å². The summed E-state index contributed by atoms with van der Waals surface area (Å²) in [5, 5.41) is 3.85. The topological polar surface area (TPSA) is 63.8 Å². The maximum Gasteiger partial charge on any atom is 0.126 e. The second-order valence-corrected chi connectivity index (χ2v) is 8.78. The van der Waals surface area contributed by atoms with Gasteiger partial charge in [0.15, 0.2) is 0 Å². The van der Waals surface area contributed by atoms with Gasteiger partial charge in [0.05, 0.1) is 10.7 Å². The Bertz CT molecular complexity index is 1020. The first-order valence-corrected chi connectivity index (χ1v) is 11.3. The van der Waals surface area contributed by atoms with Crippen molar-refractivity contribution in [1.82, 2.24) is 9.97 Å². The Morgan fingerprint density at radius 2 is 1.81 bits per heavy atom. The van der Waals surface area contributed by atoms with Crippen molar-refractivity contribution in [2.24, 2.45) is 17.6 Å². The van der Waals surface area contributed by atoms with Crippen molar-refractivity contribution in [3.8, 4) is 11.3 Å². The van der Waals surface area contributed by atoms with E-state index in [0.717, 1.165) is 41.3 Å². The largest absolute Gasteiger partial charge is 0.366 e. The molecule has 1 aromatic carbocycles. The zero-order valence-electron chi connectivity index (χ0n) is 17.5. The van der Waals surface area contributed by atoms with Crippen molar-refractivity contribution in [3.05, 3.63) is 76.8 Å². The van der Waals surface area contributed by atoms with Crippen molar-refractivity contribution in [3.63, 3.8) is 0 Å². The summed E-state index contributed by atoms with van der Waals surface area (Å²) >= 11 is 6.48. The number of rotatable bonds is 7. The van der Waals surface area contributed by atoms with Crippen LogP contribution in [0, 0.1) is 17.7 Å². The van der Waals surface area contributed by atoms with Gasteiger partial charge < -0.3 is 11.1 Å². The standard InChI is InChI=1S/C25H28ClFN4/c26-23-16-29-21(12-17-7-9-18(14-28)10-8-17)13-22(23)24-5-2-6-25(31-24)30-15-19-3-1-4-20(27)11-19/h1-6,11,13,16-18H,7-10,12,14-15,28H2,(H,30,31). The second kappa shape index (κ2) is 10.2. The van der Waals surface area contributed by atoms with E-state index in [4.69, 9.17) is 22.3 Å². The minimum Gasteiger partial charge on any atom is -0.366 e. The first-order chi connectivity index (χ1) is 15.1. The lowest BCUT2D eigenvalue weighted by Crippen LogP contribution is -2.22. The number of nitrogens with one attached hydrogen (secondary N) is 1. The number of benzene rings is 1. The number of hydrogen-bond donors (Lipinski definition) is 2. The highest BCUT2D eigenvalue weighted by molar-refractivity contribution is 6.33. The average molecular weight is 439 g/mol. The number of anilines is 1. The molecule has 0 amide bonds. The maximum absolute atomic E-state index is 13.4. The number of halogens is 2. The SMILES string of the molecule is NCC1CCC(Cc2cc(-c3cccc(NCc4cccc(F)c4)n3)c(Cl)cn2)CC1. The van der Waals surface area contributed by atoms with E-state index in [2.05, 4.69) is 16.4 Å². The molecule has 4 rings (SSSR count). The first-order valence-electron chi connectivity index (χ1n) is 10.9. The Morgan fingerprint density at radius 1 is 1.03 bits per heavy atom. The molecule has 0 spiro atoms. The summed E-state index contributed by atoms with van der Waals surface area (Å²) in [5.41, 5.74) is 9.41. The van der Waals surface area contributed by atoms with Crippen molar-refractivity contribution < 1.29 is 4.39 Å². The predicted molar refractivity (Wildman–Crippen MR) is 124 cm³/mol. The summed E-state index contributed by atoms with van der Waals surface area (Å²) in [6.45, 7) is 1.29. The Morgan fingerprint density at radius 3 is 2.58 bits per heavy atom. The van der Waals surface area contributed by atoms with Gasteiger partial charge in [0.1, 0.15) is 11.6 Å². The lowest BCUT2D eigenvalue weighted by molar-refractivity contribution is 0.277. The van der Waals surface area contributed by atoms with E-state index in [1.807, 2.05) is 24.3 Å². The van der Waals surface area contributed by atoms with Crippen molar-refractivity contribution >= 4 is 17.4 Å². The fourth-order valence-electron chi connectivity index (χ4n) is 4.28. The van der Waals surface area contributed by atoms with Gasteiger partial charge in [0, 0.05) is 24.0 Å². The number of hydrogen-bond acceptors (Lipinski definition) is 4. The molecule has 0 radical (unpaired) electrons. The molecule has 3 aromatic rings. The van der Waals surface area contributed by atoms with Crippen molar-refractivity contribution in [1.29, 1.82) is 0 Å². The summed E-state index contributed by atoms with van der Waals surface area (Å²) in [6.07, 6.45) is 7.52. The summed E-state index contributed by atoms with van der Waals surface area (Å²) in [7, 11) is 0. The second-order valence-electron chi connectivity index (χ2n) is 8.37. The van der Waals surface area contributed by atoms with Gasteiger partial charge in [-0.3, -0.25) is 4.98 Å². The molecular formula is C25H28ClFN4. The zero-order chi connectivity index (χ0) is 21.6. The molecule has 1 aliphatic rings. The summed E-state index contributed by atoms with van der Waals surface area (Å²) < 4.78 is 13.4. The van der Waals surface area contributed by atoms with Crippen LogP contribution in [-0.4, -0.2) is 16.5 Å². The molecule has 1 saturated carbocycles. The van der Waals surface area contributed by atoms with Gasteiger partial charge in [-0.25, -0.2) is 9.37 Å². The van der Waals surface area contributed by atoms with E-state index in [1.54, 1.807) is 12.3 Å². The smallest absolute Gasteiger partial charge is 0.126 e. The monoisotopic (exact) mass is 438 g/mol. The van der Waals surface area contributed by atoms with E-state index >= 15 is 0 Å². The van der Waals surface area contributed by atoms with E-state index in [1.165, 1.54) is 37.8 Å². The number of nitrogens with zero attached hydrogens (tertiary/aromatic N) is 2. The van der Waals surface area contributed by atoms with Gasteiger partial charge in [-0.2, -0.15) is 0 Å². The third-order valence-electron chi connectivity index (χ3n) is 6.10. The quantitative estimate of drug-likeness (QED) is 0.485. The molecule has 2 aromatic heterocycles. The molecule has 3 N–H and O–H groups in total. The Labute approximate surface area is 188 Å². The lowest BCUT2D eigenvalue weighted by atomic mass is 9.80. The minimum atomic E-state index is -0.242. The molecule has 1 aliphatic carbocycles. The third kappa shape index (κ3) is 5.81. The highest BCUT2D eigenvalue weighted by Crippen LogP contribution is 2.32. The number of aromatic nitrogens is 2. The van der Waals surface area contributed by atoms with E-state index in [-0.39, 0.29) is 5.82 Å². The molecule has 2 heterocycles. The number of pyridine rings is 2. The molecule has 162 valence electrons. The molecule has 31 heavy (non-hydrogen) atoms. The highest BCUT2D eigenvalue weighted by Gasteiger charge is 2.21. The fourth-order valence-corrected chi connectivity index (χ4v) is 4.48. The van der Waals surface area contributed by atoms with Gasteiger partial charge in [-0.05, 0) is 86.4 Å². The Balaban J connectivity index is 1.46. The van der Waals surface area contributed by atoms with Crippen LogP contribution in [-0.2, 0) is 13.0 Å². The third-order valence-corrected chi connectivity index (χ3v) is 6.40. The van der Waals surface area contributed by atoms with Gasteiger partial charge in [0.25, 0.3) is 0 Å². The molecule has 4 nitrogen and oxygen atoms in total. The van der Waals surface area contributed by atoms with Crippen LogP contribution in [0.3, 0.4) is 0 Å². The van der Waals surface area contributed by atoms with E-state index < -0.39 is 0 Å². The van der Waals surface area contributed by atoms with Gasteiger partial charge >= 0.3 is 0 Å².